The van der Waals surface area contributed by atoms with Crippen molar-refractivity contribution in [2.75, 3.05) is 12.3 Å². The van der Waals surface area contributed by atoms with Crippen molar-refractivity contribution in [3.63, 3.8) is 0 Å². The summed E-state index contributed by atoms with van der Waals surface area (Å²) >= 11 is 0. The van der Waals surface area contributed by atoms with Crippen molar-refractivity contribution in [2.24, 2.45) is 0 Å². The lowest BCUT2D eigenvalue weighted by Gasteiger charge is -2.13. The maximum atomic E-state index is 9.31. The van der Waals surface area contributed by atoms with Gasteiger partial charge in [-0.25, -0.2) is 0 Å². The first-order valence-electron chi connectivity index (χ1n) is 3.42. The largest absolute Gasteiger partial charge is 0.394 e. The lowest BCUT2D eigenvalue weighted by molar-refractivity contribution is -0.0149. The van der Waals surface area contributed by atoms with Gasteiger partial charge in [-0.1, -0.05) is 0 Å². The van der Waals surface area contributed by atoms with Crippen LogP contribution in [0.2, 0.25) is 0 Å². The molecule has 0 aliphatic rings. The third kappa shape index (κ3) is 1.55. The molecule has 12 heavy (non-hydrogen) atoms. The minimum Gasteiger partial charge on any atom is -0.394 e. The van der Waals surface area contributed by atoms with Crippen molar-refractivity contribution in [1.29, 1.82) is 0 Å². The molecule has 2 atom stereocenters. The van der Waals surface area contributed by atoms with Crippen molar-refractivity contribution in [3.8, 4) is 0 Å². The molecule has 0 bridgehead atoms. The van der Waals surface area contributed by atoms with Crippen molar-refractivity contribution in [3.05, 3.63) is 11.8 Å². The Morgan fingerprint density at radius 2 is 2.25 bits per heavy atom. The quantitative estimate of drug-likeness (QED) is 0.376. The smallest absolute Gasteiger partial charge is 0.124 e. The third-order valence-electron chi connectivity index (χ3n) is 1.57. The van der Waals surface area contributed by atoms with E-state index in [4.69, 9.17) is 15.9 Å². The molecule has 0 fully saturated rings. The predicted octanol–water partition coefficient (Wildman–Crippen LogP) is -1.62. The van der Waals surface area contributed by atoms with Gasteiger partial charge >= 0.3 is 0 Å². The van der Waals surface area contributed by atoms with E-state index in [9.17, 15) is 5.11 Å². The molecular formula is C6H11N3O3. The zero-order valence-electron chi connectivity index (χ0n) is 6.31. The number of aromatic nitrogens is 2. The van der Waals surface area contributed by atoms with Crippen LogP contribution < -0.4 is 5.73 Å². The highest BCUT2D eigenvalue weighted by Gasteiger charge is 2.20. The van der Waals surface area contributed by atoms with E-state index in [0.29, 0.717) is 0 Å². The summed E-state index contributed by atoms with van der Waals surface area (Å²) in [6.07, 6.45) is -1.13. The summed E-state index contributed by atoms with van der Waals surface area (Å²) in [5, 5.41) is 32.8. The van der Waals surface area contributed by atoms with Gasteiger partial charge in [0.15, 0.2) is 0 Å². The van der Waals surface area contributed by atoms with Gasteiger partial charge in [0.05, 0.1) is 12.8 Å². The first-order valence-corrected chi connectivity index (χ1v) is 3.42. The number of H-pyrrole nitrogens is 1. The van der Waals surface area contributed by atoms with Gasteiger partial charge in [0.25, 0.3) is 0 Å². The van der Waals surface area contributed by atoms with E-state index in [2.05, 4.69) is 10.2 Å². The number of hydrogen-bond donors (Lipinski definition) is 5. The SMILES string of the molecule is Nc1[nH]ncc1C(O)C(O)CO. The fourth-order valence-electron chi connectivity index (χ4n) is 0.848. The van der Waals surface area contributed by atoms with Crippen LogP contribution in [0.4, 0.5) is 5.82 Å². The molecule has 0 aliphatic carbocycles. The van der Waals surface area contributed by atoms with Gasteiger partial charge in [0.2, 0.25) is 0 Å². The number of aliphatic hydroxyl groups excluding tert-OH is 3. The minimum absolute atomic E-state index is 0.190. The number of rotatable bonds is 3. The summed E-state index contributed by atoms with van der Waals surface area (Å²) in [6, 6.07) is 0. The molecule has 0 saturated heterocycles. The summed E-state index contributed by atoms with van der Waals surface area (Å²) < 4.78 is 0. The van der Waals surface area contributed by atoms with Gasteiger partial charge < -0.3 is 21.1 Å². The summed E-state index contributed by atoms with van der Waals surface area (Å²) in [5.41, 5.74) is 5.65. The van der Waals surface area contributed by atoms with Crippen molar-refractivity contribution >= 4 is 5.82 Å². The van der Waals surface area contributed by atoms with Gasteiger partial charge in [0, 0.05) is 5.56 Å². The maximum Gasteiger partial charge on any atom is 0.124 e. The zero-order chi connectivity index (χ0) is 9.14. The number of nitrogen functional groups attached to an aromatic ring is 1. The lowest BCUT2D eigenvalue weighted by Crippen LogP contribution is -2.22. The normalized spacial score (nSPS) is 15.9. The second kappa shape index (κ2) is 3.53. The molecule has 68 valence electrons. The van der Waals surface area contributed by atoms with E-state index in [1.807, 2.05) is 0 Å². The van der Waals surface area contributed by atoms with Crippen LogP contribution in [0, 0.1) is 0 Å². The van der Waals surface area contributed by atoms with E-state index in [0.717, 1.165) is 0 Å². The molecule has 6 heteroatoms. The summed E-state index contributed by atoms with van der Waals surface area (Å²) in [5.74, 6) is 0.190. The van der Waals surface area contributed by atoms with E-state index in [-0.39, 0.29) is 11.4 Å². The molecule has 0 amide bonds. The number of nitrogens with two attached hydrogens (primary N) is 1. The Morgan fingerprint density at radius 1 is 1.58 bits per heavy atom. The van der Waals surface area contributed by atoms with Gasteiger partial charge in [0.1, 0.15) is 18.0 Å². The first kappa shape index (κ1) is 8.98. The highest BCUT2D eigenvalue weighted by atomic mass is 16.4. The van der Waals surface area contributed by atoms with Gasteiger partial charge in [-0.15, -0.1) is 0 Å². The summed E-state index contributed by atoms with van der Waals surface area (Å²) in [4.78, 5) is 0. The number of aliphatic hydroxyl groups is 3. The van der Waals surface area contributed by atoms with Gasteiger partial charge in [-0.05, 0) is 0 Å². The fraction of sp³-hybridized carbons (Fsp3) is 0.500. The number of hydrogen-bond acceptors (Lipinski definition) is 5. The van der Waals surface area contributed by atoms with Crippen LogP contribution in [0.5, 0.6) is 0 Å². The minimum atomic E-state index is -1.23. The Labute approximate surface area is 68.6 Å². The molecule has 1 heterocycles. The standard InChI is InChI=1S/C6H11N3O3/c7-6-3(1-8-9-6)5(12)4(11)2-10/h1,4-5,10-12H,2H2,(H3,7,8,9). The fourth-order valence-corrected chi connectivity index (χ4v) is 0.848. The molecule has 1 aromatic rings. The molecule has 6 N–H and O–H groups in total. The average Bonchev–Trinajstić information content (AvgIpc) is 2.48. The number of anilines is 1. The molecule has 0 radical (unpaired) electrons. The van der Waals surface area contributed by atoms with Crippen molar-refractivity contribution in [1.82, 2.24) is 10.2 Å². The van der Waals surface area contributed by atoms with Crippen molar-refractivity contribution in [2.45, 2.75) is 12.2 Å². The molecule has 0 aliphatic heterocycles. The molecule has 0 saturated carbocycles. The summed E-state index contributed by atoms with van der Waals surface area (Å²) in [6.45, 7) is -0.522. The van der Waals surface area contributed by atoms with E-state index < -0.39 is 18.8 Å². The second-order valence-electron chi connectivity index (χ2n) is 2.43. The Bertz CT molecular complexity index is 250. The van der Waals surface area contributed by atoms with E-state index >= 15 is 0 Å². The van der Waals surface area contributed by atoms with Crippen LogP contribution in [0.25, 0.3) is 0 Å². The molecule has 1 rings (SSSR count). The van der Waals surface area contributed by atoms with Gasteiger partial charge in [-0.3, -0.25) is 5.10 Å². The molecule has 1 aromatic heterocycles. The van der Waals surface area contributed by atoms with Crippen LogP contribution in [0.3, 0.4) is 0 Å². The van der Waals surface area contributed by atoms with Crippen LogP contribution >= 0.6 is 0 Å². The van der Waals surface area contributed by atoms with Gasteiger partial charge in [-0.2, -0.15) is 5.10 Å². The van der Waals surface area contributed by atoms with E-state index in [1.54, 1.807) is 0 Å². The Kier molecular flexibility index (Phi) is 2.64. The van der Waals surface area contributed by atoms with Crippen LogP contribution in [0.1, 0.15) is 11.7 Å². The van der Waals surface area contributed by atoms with Crippen LogP contribution in [-0.2, 0) is 0 Å². The first-order chi connectivity index (χ1) is 5.66. The third-order valence-corrected chi connectivity index (χ3v) is 1.57. The number of aromatic amines is 1. The van der Waals surface area contributed by atoms with Crippen LogP contribution in [0.15, 0.2) is 6.20 Å². The monoisotopic (exact) mass is 173 g/mol. The zero-order valence-corrected chi connectivity index (χ0v) is 6.31. The second-order valence-corrected chi connectivity index (χ2v) is 2.43. The van der Waals surface area contributed by atoms with Crippen molar-refractivity contribution < 1.29 is 15.3 Å². The number of nitrogens with zero attached hydrogens (tertiary/aromatic N) is 1. The molecular weight excluding hydrogens is 162 g/mol. The Balaban J connectivity index is 2.77. The number of nitrogens with one attached hydrogen (secondary N) is 1. The highest BCUT2D eigenvalue weighted by Crippen LogP contribution is 2.20. The average molecular weight is 173 g/mol. The molecule has 0 aromatic carbocycles. The van der Waals surface area contributed by atoms with Crippen LogP contribution in [-0.4, -0.2) is 38.2 Å². The Hall–Kier alpha value is -1.11. The lowest BCUT2D eigenvalue weighted by atomic mass is 10.1. The molecule has 0 spiro atoms. The Morgan fingerprint density at radius 3 is 2.67 bits per heavy atom. The summed E-state index contributed by atoms with van der Waals surface area (Å²) in [7, 11) is 0. The predicted molar refractivity (Wildman–Crippen MR) is 41.1 cm³/mol. The molecule has 2 unspecified atom stereocenters. The van der Waals surface area contributed by atoms with E-state index in [1.165, 1.54) is 6.20 Å². The molecule has 6 nitrogen and oxygen atoms in total. The highest BCUT2D eigenvalue weighted by molar-refractivity contribution is 5.38. The topological polar surface area (TPSA) is 115 Å². The maximum absolute atomic E-state index is 9.31.